The molecule has 9 heteroatoms. The van der Waals surface area contributed by atoms with E-state index < -0.39 is 15.6 Å². The molecule has 0 rings (SSSR count). The van der Waals surface area contributed by atoms with Gasteiger partial charge in [-0.05, 0) is 0 Å². The normalized spacial score (nSPS) is 11.2. The topological polar surface area (TPSA) is 54.4 Å². The van der Waals surface area contributed by atoms with E-state index in [-0.39, 0.29) is 32.3 Å². The third kappa shape index (κ3) is 5.64. The molecule has 10 heavy (non-hydrogen) atoms. The van der Waals surface area contributed by atoms with Crippen LogP contribution in [0.3, 0.4) is 0 Å². The number of alkyl halides is 3. The Kier molecular flexibility index (Phi) is 8.02. The van der Waals surface area contributed by atoms with Crippen LogP contribution >= 0.6 is 9.90 Å². The van der Waals surface area contributed by atoms with Crippen molar-refractivity contribution in [2.75, 3.05) is 0 Å². The van der Waals surface area contributed by atoms with Gasteiger partial charge >= 0.3 is 15.6 Å². The molecule has 0 saturated carbocycles. The first-order valence-electron chi connectivity index (χ1n) is 1.29. The van der Waals surface area contributed by atoms with Crippen molar-refractivity contribution in [3.8, 4) is 0 Å². The molecule has 0 aromatic carbocycles. The van der Waals surface area contributed by atoms with Gasteiger partial charge in [-0.15, -0.1) is 0 Å². The van der Waals surface area contributed by atoms with Gasteiger partial charge in [-0.25, -0.2) is 0 Å². The molecule has 1 radical (unpaired) electrons. The molecule has 1 unspecified atom stereocenters. The van der Waals surface area contributed by atoms with Gasteiger partial charge in [0.2, 0.25) is 0 Å². The number of rotatable bonds is 0. The van der Waals surface area contributed by atoms with Crippen LogP contribution in [0, 0.1) is 0 Å². The zero-order chi connectivity index (χ0) is 7.00. The van der Waals surface area contributed by atoms with Gasteiger partial charge in [-0.2, -0.15) is 31.5 Å². The van der Waals surface area contributed by atoms with E-state index in [0.717, 1.165) is 0 Å². The summed E-state index contributed by atoms with van der Waals surface area (Å²) in [6.07, 6.45) is 0. The van der Waals surface area contributed by atoms with Gasteiger partial charge in [0.05, 0.1) is 0 Å². The van der Waals surface area contributed by atoms with Gasteiger partial charge in [0, 0.05) is 22.4 Å². The average Bonchev–Trinajstić information content (AvgIpc) is 1.25. The van der Waals surface area contributed by atoms with Gasteiger partial charge in [0.15, 0.2) is 0 Å². The van der Waals surface area contributed by atoms with Crippen molar-refractivity contribution in [1.82, 2.24) is 0 Å². The molecule has 0 heterocycles. The quantitative estimate of drug-likeness (QED) is 0.287. The molecule has 0 saturated heterocycles. The second kappa shape index (κ2) is 4.69. The van der Waals surface area contributed by atoms with Crippen LogP contribution < -0.4 is 0 Å². The molecule has 1 atom stereocenters. The SMILES string of the molecule is O=S(=O)(O)C(F)(F)F.P.[Au]. The largest absolute Gasteiger partial charge is 0.522 e. The Morgan fingerprint density at radius 1 is 1.20 bits per heavy atom. The molecule has 0 aromatic heterocycles. The Morgan fingerprint density at radius 3 is 1.30 bits per heavy atom. The number of hydrogen-bond acceptors (Lipinski definition) is 2. The Balaban J connectivity index is -0.000000245. The molecule has 0 fully saturated rings. The minimum Gasteiger partial charge on any atom is -0.279 e. The van der Waals surface area contributed by atoms with E-state index in [4.69, 9.17) is 13.0 Å². The van der Waals surface area contributed by atoms with Crippen LogP contribution in [0.15, 0.2) is 0 Å². The molecule has 3 nitrogen and oxygen atoms in total. The molecule has 0 aliphatic carbocycles. The predicted molar refractivity (Wildman–Crippen MR) is 28.7 cm³/mol. The van der Waals surface area contributed by atoms with Crippen molar-refractivity contribution in [1.29, 1.82) is 0 Å². The van der Waals surface area contributed by atoms with E-state index in [2.05, 4.69) is 0 Å². The molecule has 0 spiro atoms. The minimum atomic E-state index is -5.84. The third-order valence-electron chi connectivity index (χ3n) is 0.292. The Hall–Kier alpha value is 0.870. The maximum atomic E-state index is 10.7. The Labute approximate surface area is 74.2 Å². The Bertz CT molecular complexity index is 173. The summed E-state index contributed by atoms with van der Waals surface area (Å²) in [4.78, 5) is 0. The summed E-state index contributed by atoms with van der Waals surface area (Å²) in [5, 5.41) is 0. The summed E-state index contributed by atoms with van der Waals surface area (Å²) in [6, 6.07) is 0. The fourth-order valence-corrected chi connectivity index (χ4v) is 0. The van der Waals surface area contributed by atoms with Crippen molar-refractivity contribution in [3.63, 3.8) is 0 Å². The van der Waals surface area contributed by atoms with E-state index in [1.165, 1.54) is 0 Å². The molecule has 1 N–H and O–H groups in total. The van der Waals surface area contributed by atoms with Crippen molar-refractivity contribution < 1.29 is 48.5 Å². The van der Waals surface area contributed by atoms with Crippen LogP contribution in [0.4, 0.5) is 13.2 Å². The first-order valence-corrected chi connectivity index (χ1v) is 2.73. The molecule has 0 aliphatic heterocycles. The number of hydrogen-bond donors (Lipinski definition) is 1. The van der Waals surface area contributed by atoms with E-state index >= 15 is 0 Å². The maximum Gasteiger partial charge on any atom is 0.522 e. The van der Waals surface area contributed by atoms with Crippen molar-refractivity contribution >= 4 is 20.0 Å². The van der Waals surface area contributed by atoms with Crippen molar-refractivity contribution in [2.24, 2.45) is 0 Å². The van der Waals surface area contributed by atoms with Crippen LogP contribution in [0.2, 0.25) is 0 Å². The van der Waals surface area contributed by atoms with Gasteiger partial charge in [-0.1, -0.05) is 0 Å². The van der Waals surface area contributed by atoms with Crippen LogP contribution in [0.25, 0.3) is 0 Å². The smallest absolute Gasteiger partial charge is 0.279 e. The molecule has 0 aliphatic rings. The summed E-state index contributed by atoms with van der Waals surface area (Å²) in [6.45, 7) is 0. The van der Waals surface area contributed by atoms with Crippen molar-refractivity contribution in [3.05, 3.63) is 0 Å². The fraction of sp³-hybridized carbons (Fsp3) is 1.00. The number of halogens is 3. The summed E-state index contributed by atoms with van der Waals surface area (Å²) >= 11 is 0. The monoisotopic (exact) mass is 381 g/mol. The molecule has 69 valence electrons. The minimum absolute atomic E-state index is 0. The summed E-state index contributed by atoms with van der Waals surface area (Å²) < 4.78 is 57.5. The van der Waals surface area contributed by atoms with E-state index in [1.807, 2.05) is 0 Å². The molecular formula is CH4AuF3O3PS. The second-order valence-electron chi connectivity index (χ2n) is 0.921. The van der Waals surface area contributed by atoms with Crippen molar-refractivity contribution in [2.45, 2.75) is 5.51 Å². The molecule has 0 amide bonds. The molecule has 0 aromatic rings. The average molecular weight is 381 g/mol. The summed E-state index contributed by atoms with van der Waals surface area (Å²) in [5.41, 5.74) is -5.53. The van der Waals surface area contributed by atoms with Crippen LogP contribution in [-0.2, 0) is 32.5 Å². The van der Waals surface area contributed by atoms with Crippen LogP contribution in [0.5, 0.6) is 0 Å². The van der Waals surface area contributed by atoms with Gasteiger partial charge in [0.1, 0.15) is 0 Å². The third-order valence-corrected chi connectivity index (χ3v) is 0.877. The Morgan fingerprint density at radius 2 is 1.30 bits per heavy atom. The van der Waals surface area contributed by atoms with Gasteiger partial charge < -0.3 is 0 Å². The van der Waals surface area contributed by atoms with Crippen LogP contribution in [0.1, 0.15) is 0 Å². The predicted octanol–water partition coefficient (Wildman–Crippen LogP) is 0.450. The second-order valence-corrected chi connectivity index (χ2v) is 2.33. The first-order chi connectivity index (χ1) is 3.25. The van der Waals surface area contributed by atoms with E-state index in [0.29, 0.717) is 0 Å². The van der Waals surface area contributed by atoms with Gasteiger partial charge in [0.25, 0.3) is 0 Å². The van der Waals surface area contributed by atoms with Gasteiger partial charge in [-0.3, -0.25) is 4.55 Å². The summed E-state index contributed by atoms with van der Waals surface area (Å²) in [7, 11) is -5.84. The first kappa shape index (κ1) is 17.1. The zero-order valence-electron chi connectivity index (χ0n) is 4.31. The van der Waals surface area contributed by atoms with Crippen LogP contribution in [-0.4, -0.2) is 18.5 Å². The zero-order valence-corrected chi connectivity index (χ0v) is 8.71. The fourth-order valence-electron chi connectivity index (χ4n) is 0. The molecule has 0 bridgehead atoms. The standard InChI is InChI=1S/CHF3O3S.Au.H3P/c2-1(3,4)8(5,6)7;;/h(H,5,6,7);;1H3. The van der Waals surface area contributed by atoms with E-state index in [9.17, 15) is 13.2 Å². The molecular weight excluding hydrogens is 377 g/mol. The summed E-state index contributed by atoms with van der Waals surface area (Å²) in [5.74, 6) is 0. The van der Waals surface area contributed by atoms with E-state index in [1.54, 1.807) is 0 Å². The maximum absolute atomic E-state index is 10.7.